The van der Waals surface area contributed by atoms with E-state index in [-0.39, 0.29) is 5.91 Å². The fraction of sp³-hybridized carbons (Fsp3) is 0.800. The summed E-state index contributed by atoms with van der Waals surface area (Å²) in [4.78, 5) is 16.8. The minimum Gasteiger partial charge on any atom is -0.316 e. The standard InChI is InChI=1S/C15H27N3O/c1-3-18(14-7-5-4-6-8-14)15(19)12-17-10-9-16-11-13(17)2/h7,13,16H,3-6,8-12H2,1-2H3/t13-/m1/s1. The van der Waals surface area contributed by atoms with Gasteiger partial charge in [-0.15, -0.1) is 0 Å². The Morgan fingerprint density at radius 1 is 1.53 bits per heavy atom. The van der Waals surface area contributed by atoms with Crippen molar-refractivity contribution in [2.24, 2.45) is 0 Å². The minimum absolute atomic E-state index is 0.268. The van der Waals surface area contributed by atoms with Gasteiger partial charge < -0.3 is 10.2 Å². The molecule has 1 heterocycles. The van der Waals surface area contributed by atoms with E-state index in [1.807, 2.05) is 4.90 Å². The van der Waals surface area contributed by atoms with Gasteiger partial charge in [0.25, 0.3) is 0 Å². The van der Waals surface area contributed by atoms with Crippen molar-refractivity contribution in [3.8, 4) is 0 Å². The van der Waals surface area contributed by atoms with E-state index in [1.165, 1.54) is 18.5 Å². The molecule has 2 aliphatic rings. The van der Waals surface area contributed by atoms with Gasteiger partial charge >= 0.3 is 0 Å². The summed E-state index contributed by atoms with van der Waals surface area (Å²) in [7, 11) is 0. The lowest BCUT2D eigenvalue weighted by atomic mass is 10.0. The first kappa shape index (κ1) is 14.5. The Bertz CT molecular complexity index is 340. The van der Waals surface area contributed by atoms with Crippen LogP contribution in [0.3, 0.4) is 0 Å². The van der Waals surface area contributed by atoms with E-state index in [1.54, 1.807) is 0 Å². The number of piperazine rings is 1. The molecular formula is C15H27N3O. The van der Waals surface area contributed by atoms with Crippen LogP contribution in [0.2, 0.25) is 0 Å². The average molecular weight is 265 g/mol. The molecule has 108 valence electrons. The van der Waals surface area contributed by atoms with Crippen LogP contribution in [0, 0.1) is 0 Å². The van der Waals surface area contributed by atoms with Crippen molar-refractivity contribution in [2.45, 2.75) is 45.6 Å². The van der Waals surface area contributed by atoms with Crippen LogP contribution in [0.5, 0.6) is 0 Å². The van der Waals surface area contributed by atoms with Gasteiger partial charge in [0, 0.05) is 37.9 Å². The molecule has 1 fully saturated rings. The van der Waals surface area contributed by atoms with Gasteiger partial charge in [0.2, 0.25) is 5.91 Å². The predicted molar refractivity (Wildman–Crippen MR) is 77.8 cm³/mol. The summed E-state index contributed by atoms with van der Waals surface area (Å²) in [6.07, 6.45) is 6.94. The Hall–Kier alpha value is -0.870. The zero-order valence-corrected chi connectivity index (χ0v) is 12.3. The summed E-state index contributed by atoms with van der Waals surface area (Å²) in [6, 6.07) is 0.455. The molecule has 4 heteroatoms. The van der Waals surface area contributed by atoms with Crippen LogP contribution in [0.1, 0.15) is 39.5 Å². The van der Waals surface area contributed by atoms with Crippen molar-refractivity contribution in [3.05, 3.63) is 11.8 Å². The Morgan fingerprint density at radius 3 is 3.00 bits per heavy atom. The van der Waals surface area contributed by atoms with Crippen LogP contribution in [0.15, 0.2) is 11.8 Å². The van der Waals surface area contributed by atoms with Gasteiger partial charge in [-0.2, -0.15) is 0 Å². The zero-order chi connectivity index (χ0) is 13.7. The Morgan fingerprint density at radius 2 is 2.37 bits per heavy atom. The van der Waals surface area contributed by atoms with E-state index < -0.39 is 0 Å². The van der Waals surface area contributed by atoms with E-state index in [0.29, 0.717) is 12.6 Å². The summed E-state index contributed by atoms with van der Waals surface area (Å²) in [5.74, 6) is 0.268. The van der Waals surface area contributed by atoms with Crippen molar-refractivity contribution >= 4 is 5.91 Å². The maximum absolute atomic E-state index is 12.5. The zero-order valence-electron chi connectivity index (χ0n) is 12.3. The first-order valence-electron chi connectivity index (χ1n) is 7.66. The van der Waals surface area contributed by atoms with Gasteiger partial charge in [0.1, 0.15) is 0 Å². The van der Waals surface area contributed by atoms with Crippen molar-refractivity contribution < 1.29 is 4.79 Å². The van der Waals surface area contributed by atoms with Crippen LogP contribution in [0.4, 0.5) is 0 Å². The average Bonchev–Trinajstić information content (AvgIpc) is 2.43. The second kappa shape index (κ2) is 7.06. The van der Waals surface area contributed by atoms with Gasteiger partial charge in [0.05, 0.1) is 6.54 Å². The van der Waals surface area contributed by atoms with Crippen molar-refractivity contribution in [3.63, 3.8) is 0 Å². The highest BCUT2D eigenvalue weighted by atomic mass is 16.2. The molecule has 0 radical (unpaired) electrons. The topological polar surface area (TPSA) is 35.6 Å². The number of amides is 1. The van der Waals surface area contributed by atoms with Gasteiger partial charge in [-0.05, 0) is 39.5 Å². The number of hydrogen-bond acceptors (Lipinski definition) is 3. The fourth-order valence-electron chi connectivity index (χ4n) is 2.98. The molecule has 1 saturated heterocycles. The number of nitrogens with one attached hydrogen (secondary N) is 1. The van der Waals surface area contributed by atoms with E-state index in [0.717, 1.165) is 39.0 Å². The van der Waals surface area contributed by atoms with Gasteiger partial charge in [-0.3, -0.25) is 9.69 Å². The third-order valence-electron chi connectivity index (χ3n) is 4.21. The molecule has 0 unspecified atom stereocenters. The molecule has 1 amide bonds. The number of carbonyl (C=O) groups excluding carboxylic acids is 1. The van der Waals surface area contributed by atoms with Gasteiger partial charge in [0.15, 0.2) is 0 Å². The Labute approximate surface area is 116 Å². The highest BCUT2D eigenvalue weighted by molar-refractivity contribution is 5.80. The lowest BCUT2D eigenvalue weighted by molar-refractivity contribution is -0.131. The van der Waals surface area contributed by atoms with E-state index in [4.69, 9.17) is 0 Å². The quantitative estimate of drug-likeness (QED) is 0.838. The molecular weight excluding hydrogens is 238 g/mol. The molecule has 0 aromatic carbocycles. The maximum Gasteiger partial charge on any atom is 0.240 e. The summed E-state index contributed by atoms with van der Waals surface area (Å²) >= 11 is 0. The van der Waals surface area contributed by atoms with Crippen LogP contribution in [-0.4, -0.2) is 54.5 Å². The molecule has 0 aromatic rings. The van der Waals surface area contributed by atoms with Gasteiger partial charge in [-0.25, -0.2) is 0 Å². The lowest BCUT2D eigenvalue weighted by Gasteiger charge is -2.35. The van der Waals surface area contributed by atoms with E-state index in [9.17, 15) is 4.79 Å². The normalized spacial score (nSPS) is 24.9. The third kappa shape index (κ3) is 3.80. The number of carbonyl (C=O) groups is 1. The SMILES string of the molecule is CCN(C(=O)CN1CCNC[C@H]1C)C1=CCCCC1. The third-order valence-corrected chi connectivity index (χ3v) is 4.21. The number of likely N-dealkylation sites (N-methyl/N-ethyl adjacent to an activating group) is 1. The molecule has 1 N–H and O–H groups in total. The van der Waals surface area contributed by atoms with E-state index >= 15 is 0 Å². The highest BCUT2D eigenvalue weighted by Crippen LogP contribution is 2.21. The number of hydrogen-bond donors (Lipinski definition) is 1. The molecule has 1 aliphatic carbocycles. The lowest BCUT2D eigenvalue weighted by Crippen LogP contribution is -2.53. The highest BCUT2D eigenvalue weighted by Gasteiger charge is 2.24. The smallest absolute Gasteiger partial charge is 0.240 e. The predicted octanol–water partition coefficient (Wildman–Crippen LogP) is 1.59. The van der Waals surface area contributed by atoms with Gasteiger partial charge in [-0.1, -0.05) is 6.08 Å². The number of nitrogens with zero attached hydrogens (tertiary/aromatic N) is 2. The molecule has 19 heavy (non-hydrogen) atoms. The monoisotopic (exact) mass is 265 g/mol. The summed E-state index contributed by atoms with van der Waals surface area (Å²) < 4.78 is 0. The van der Waals surface area contributed by atoms with Crippen molar-refractivity contribution in [2.75, 3.05) is 32.7 Å². The first-order valence-corrected chi connectivity index (χ1v) is 7.66. The second-order valence-corrected chi connectivity index (χ2v) is 5.60. The van der Waals surface area contributed by atoms with Crippen LogP contribution < -0.4 is 5.32 Å². The summed E-state index contributed by atoms with van der Waals surface area (Å²) in [6.45, 7) is 8.58. The summed E-state index contributed by atoms with van der Waals surface area (Å²) in [5, 5.41) is 3.37. The molecule has 0 spiro atoms. The number of rotatable bonds is 4. The largest absolute Gasteiger partial charge is 0.316 e. The van der Waals surface area contributed by atoms with Crippen molar-refractivity contribution in [1.82, 2.24) is 15.1 Å². The second-order valence-electron chi connectivity index (χ2n) is 5.60. The molecule has 0 bridgehead atoms. The van der Waals surface area contributed by atoms with Crippen LogP contribution >= 0.6 is 0 Å². The molecule has 1 atom stereocenters. The number of allylic oxidation sites excluding steroid dienone is 2. The van der Waals surface area contributed by atoms with Crippen LogP contribution in [-0.2, 0) is 4.79 Å². The molecule has 1 aliphatic heterocycles. The maximum atomic E-state index is 12.5. The first-order chi connectivity index (χ1) is 9.22. The van der Waals surface area contributed by atoms with Crippen molar-refractivity contribution in [1.29, 1.82) is 0 Å². The Balaban J connectivity index is 1.94. The molecule has 2 rings (SSSR count). The molecule has 4 nitrogen and oxygen atoms in total. The minimum atomic E-state index is 0.268. The Kier molecular flexibility index (Phi) is 5.40. The summed E-state index contributed by atoms with van der Waals surface area (Å²) in [5.41, 5.74) is 1.25. The fourth-order valence-corrected chi connectivity index (χ4v) is 2.98. The molecule has 0 aromatic heterocycles. The van der Waals surface area contributed by atoms with E-state index in [2.05, 4.69) is 30.1 Å². The molecule has 0 saturated carbocycles. The van der Waals surface area contributed by atoms with Crippen LogP contribution in [0.25, 0.3) is 0 Å².